The monoisotopic (exact) mass is 359 g/mol. The van der Waals surface area contributed by atoms with Gasteiger partial charge < -0.3 is 14.7 Å². The molecule has 6 nitrogen and oxygen atoms in total. The van der Waals surface area contributed by atoms with Gasteiger partial charge >= 0.3 is 0 Å². The van der Waals surface area contributed by atoms with Crippen molar-refractivity contribution >= 4 is 22.8 Å². The molecule has 0 unspecified atom stereocenters. The second-order valence-electron chi connectivity index (χ2n) is 7.21. The molecule has 138 valence electrons. The maximum Gasteiger partial charge on any atom is 0.223 e. The Morgan fingerprint density at radius 1 is 1.19 bits per heavy atom. The van der Waals surface area contributed by atoms with E-state index in [-0.39, 0.29) is 36.4 Å². The second-order valence-corrected chi connectivity index (χ2v) is 7.21. The van der Waals surface area contributed by atoms with Crippen molar-refractivity contribution in [1.82, 2.24) is 15.4 Å². The lowest BCUT2D eigenvalue weighted by atomic mass is 9.91. The van der Waals surface area contributed by atoms with Gasteiger partial charge in [0.2, 0.25) is 11.8 Å². The van der Waals surface area contributed by atoms with E-state index in [0.29, 0.717) is 24.7 Å². The predicted octanol–water partition coefficient (Wildman–Crippen LogP) is 2.73. The topological polar surface area (TPSA) is 75.4 Å². The van der Waals surface area contributed by atoms with Gasteiger partial charge in [0.05, 0.1) is 5.69 Å². The van der Waals surface area contributed by atoms with Crippen molar-refractivity contribution in [1.29, 1.82) is 0 Å². The highest BCUT2D eigenvalue weighted by atomic mass is 19.1. The zero-order valence-electron chi connectivity index (χ0n) is 14.5. The SMILES string of the molecule is O=C(CCC(=O)N1CCC(c2noc3cc(F)ccc23)CC1)NC1CC1. The maximum absolute atomic E-state index is 13.3. The van der Waals surface area contributed by atoms with Gasteiger partial charge in [0.1, 0.15) is 5.82 Å². The highest BCUT2D eigenvalue weighted by molar-refractivity contribution is 5.84. The Hall–Kier alpha value is -2.44. The van der Waals surface area contributed by atoms with E-state index in [1.54, 1.807) is 6.07 Å². The third-order valence-electron chi connectivity index (χ3n) is 5.20. The Kier molecular flexibility index (Phi) is 4.61. The average molecular weight is 359 g/mol. The number of amides is 2. The number of rotatable bonds is 5. The lowest BCUT2D eigenvalue weighted by molar-refractivity contribution is -0.134. The Bertz CT molecular complexity index is 823. The van der Waals surface area contributed by atoms with Crippen LogP contribution in [0.1, 0.15) is 50.1 Å². The van der Waals surface area contributed by atoms with E-state index in [1.807, 2.05) is 4.90 Å². The molecule has 4 rings (SSSR count). The van der Waals surface area contributed by atoms with Crippen molar-refractivity contribution in [3.63, 3.8) is 0 Å². The van der Waals surface area contributed by atoms with Gasteiger partial charge in [-0.25, -0.2) is 4.39 Å². The summed E-state index contributed by atoms with van der Waals surface area (Å²) in [7, 11) is 0. The highest BCUT2D eigenvalue weighted by Crippen LogP contribution is 2.33. The normalized spacial score (nSPS) is 18.3. The molecule has 0 spiro atoms. The van der Waals surface area contributed by atoms with Crippen LogP contribution < -0.4 is 5.32 Å². The number of carbonyl (C=O) groups excluding carboxylic acids is 2. The highest BCUT2D eigenvalue weighted by Gasteiger charge is 2.28. The lowest BCUT2D eigenvalue weighted by Crippen LogP contribution is -2.38. The molecule has 1 N–H and O–H groups in total. The van der Waals surface area contributed by atoms with Crippen LogP contribution in [0.5, 0.6) is 0 Å². The van der Waals surface area contributed by atoms with Crippen molar-refractivity contribution in [3.05, 3.63) is 29.7 Å². The summed E-state index contributed by atoms with van der Waals surface area (Å²) in [6.07, 6.45) is 4.20. The van der Waals surface area contributed by atoms with Gasteiger partial charge in [-0.05, 0) is 37.8 Å². The number of halogens is 1. The third-order valence-corrected chi connectivity index (χ3v) is 5.20. The molecule has 2 amide bonds. The van der Waals surface area contributed by atoms with E-state index >= 15 is 0 Å². The summed E-state index contributed by atoms with van der Waals surface area (Å²) in [4.78, 5) is 25.8. The molecule has 1 saturated carbocycles. The Labute approximate surface area is 150 Å². The van der Waals surface area contributed by atoms with Crippen molar-refractivity contribution < 1.29 is 18.5 Å². The van der Waals surface area contributed by atoms with E-state index in [4.69, 9.17) is 4.52 Å². The number of piperidine rings is 1. The second kappa shape index (κ2) is 7.05. The van der Waals surface area contributed by atoms with Gasteiger partial charge in [0, 0.05) is 49.3 Å². The quantitative estimate of drug-likeness (QED) is 0.891. The lowest BCUT2D eigenvalue weighted by Gasteiger charge is -2.31. The van der Waals surface area contributed by atoms with Crippen LogP contribution in [0.4, 0.5) is 4.39 Å². The molecule has 0 atom stereocenters. The molecule has 0 radical (unpaired) electrons. The third kappa shape index (κ3) is 3.71. The first-order chi connectivity index (χ1) is 12.6. The molecule has 1 aromatic heterocycles. The van der Waals surface area contributed by atoms with Gasteiger partial charge in [-0.3, -0.25) is 9.59 Å². The van der Waals surface area contributed by atoms with E-state index in [1.165, 1.54) is 12.1 Å². The van der Waals surface area contributed by atoms with Crippen molar-refractivity contribution in [2.24, 2.45) is 0 Å². The molecule has 2 heterocycles. The zero-order chi connectivity index (χ0) is 18.1. The summed E-state index contributed by atoms with van der Waals surface area (Å²) < 4.78 is 18.5. The van der Waals surface area contributed by atoms with Gasteiger partial charge in [0.15, 0.2) is 5.58 Å². The fourth-order valence-corrected chi connectivity index (χ4v) is 3.53. The first-order valence-corrected chi connectivity index (χ1v) is 9.22. The molecule has 7 heteroatoms. The molecule has 2 aromatic rings. The first kappa shape index (κ1) is 17.0. The number of fused-ring (bicyclic) bond motifs is 1. The molecular weight excluding hydrogens is 337 g/mol. The van der Waals surface area contributed by atoms with Crippen molar-refractivity contribution in [2.45, 2.75) is 50.5 Å². The minimum atomic E-state index is -0.341. The van der Waals surface area contributed by atoms with Gasteiger partial charge in [-0.1, -0.05) is 5.16 Å². The Morgan fingerprint density at radius 3 is 2.69 bits per heavy atom. The molecule has 2 fully saturated rings. The van der Waals surface area contributed by atoms with Crippen LogP contribution in [0.2, 0.25) is 0 Å². The van der Waals surface area contributed by atoms with E-state index in [0.717, 1.165) is 36.8 Å². The summed E-state index contributed by atoms with van der Waals surface area (Å²) in [6.45, 7) is 1.28. The first-order valence-electron chi connectivity index (χ1n) is 9.22. The number of benzene rings is 1. The standard InChI is InChI=1S/C19H22FN3O3/c20-13-1-4-15-16(11-13)26-22-19(15)12-7-9-23(10-8-12)18(25)6-5-17(24)21-14-2-3-14/h1,4,11-12,14H,2-3,5-10H2,(H,21,24). The molecule has 26 heavy (non-hydrogen) atoms. The molecule has 0 bridgehead atoms. The van der Waals surface area contributed by atoms with Crippen LogP contribution in [-0.4, -0.2) is 41.0 Å². The summed E-state index contributed by atoms with van der Waals surface area (Å²) in [5.41, 5.74) is 1.30. The van der Waals surface area contributed by atoms with Crippen LogP contribution in [0, 0.1) is 5.82 Å². The van der Waals surface area contributed by atoms with E-state index in [2.05, 4.69) is 10.5 Å². The number of nitrogens with zero attached hydrogens (tertiary/aromatic N) is 2. The zero-order valence-corrected chi connectivity index (χ0v) is 14.5. The van der Waals surface area contributed by atoms with E-state index < -0.39 is 0 Å². The maximum atomic E-state index is 13.3. The van der Waals surface area contributed by atoms with Crippen LogP contribution in [-0.2, 0) is 9.59 Å². The van der Waals surface area contributed by atoms with Crippen LogP contribution in [0.15, 0.2) is 22.7 Å². The van der Waals surface area contributed by atoms with Gasteiger partial charge in [-0.2, -0.15) is 0 Å². The Morgan fingerprint density at radius 2 is 1.96 bits per heavy atom. The minimum Gasteiger partial charge on any atom is -0.356 e. The Balaban J connectivity index is 1.30. The van der Waals surface area contributed by atoms with Gasteiger partial charge in [0.25, 0.3) is 0 Å². The van der Waals surface area contributed by atoms with Crippen molar-refractivity contribution in [3.8, 4) is 0 Å². The number of hydrogen-bond acceptors (Lipinski definition) is 4. The molecule has 1 aliphatic heterocycles. The van der Waals surface area contributed by atoms with E-state index in [9.17, 15) is 14.0 Å². The molecule has 1 aliphatic carbocycles. The van der Waals surface area contributed by atoms with Crippen LogP contribution in [0.25, 0.3) is 11.0 Å². The van der Waals surface area contributed by atoms with Crippen LogP contribution >= 0.6 is 0 Å². The molecular formula is C19H22FN3O3. The summed E-state index contributed by atoms with van der Waals surface area (Å²) in [5.74, 6) is -0.145. The number of likely N-dealkylation sites (tertiary alicyclic amines) is 1. The van der Waals surface area contributed by atoms with Crippen molar-refractivity contribution in [2.75, 3.05) is 13.1 Å². The fourth-order valence-electron chi connectivity index (χ4n) is 3.53. The summed E-state index contributed by atoms with van der Waals surface area (Å²) in [6, 6.07) is 4.79. The number of carbonyl (C=O) groups is 2. The molecule has 2 aliphatic rings. The molecule has 1 saturated heterocycles. The summed E-state index contributed by atoms with van der Waals surface area (Å²) >= 11 is 0. The van der Waals surface area contributed by atoms with Crippen LogP contribution in [0.3, 0.4) is 0 Å². The summed E-state index contributed by atoms with van der Waals surface area (Å²) in [5, 5.41) is 7.87. The number of hydrogen-bond donors (Lipinski definition) is 1. The number of aromatic nitrogens is 1. The number of nitrogens with one attached hydrogen (secondary N) is 1. The fraction of sp³-hybridized carbons (Fsp3) is 0.526. The molecule has 1 aromatic carbocycles. The predicted molar refractivity (Wildman–Crippen MR) is 92.9 cm³/mol. The largest absolute Gasteiger partial charge is 0.356 e. The average Bonchev–Trinajstić information content (AvgIpc) is 3.36. The van der Waals surface area contributed by atoms with Gasteiger partial charge in [-0.15, -0.1) is 0 Å². The smallest absolute Gasteiger partial charge is 0.223 e. The minimum absolute atomic E-state index is 0.0291.